The van der Waals surface area contributed by atoms with E-state index in [2.05, 4.69) is 23.6 Å². The first-order valence-corrected chi connectivity index (χ1v) is 5.30. The van der Waals surface area contributed by atoms with Crippen molar-refractivity contribution in [2.75, 3.05) is 5.75 Å². The predicted molar refractivity (Wildman–Crippen MR) is 58.6 cm³/mol. The zero-order valence-corrected chi connectivity index (χ0v) is 8.63. The van der Waals surface area contributed by atoms with Crippen molar-refractivity contribution in [1.82, 2.24) is 4.98 Å². The van der Waals surface area contributed by atoms with E-state index in [1.807, 2.05) is 36.3 Å². The molecule has 0 unspecified atom stereocenters. The van der Waals surface area contributed by atoms with Gasteiger partial charge in [0.1, 0.15) is 0 Å². The molecular weight excluding hydrogens is 180 g/mol. The second-order valence-corrected chi connectivity index (χ2v) is 4.02. The maximum Gasteiger partial charge on any atom is 0.0472 e. The predicted octanol–water partition coefficient (Wildman–Crippen LogP) is 2.65. The van der Waals surface area contributed by atoms with Gasteiger partial charge in [0.05, 0.1) is 0 Å². The zero-order chi connectivity index (χ0) is 9.52. The fourth-order valence-electron chi connectivity index (χ4n) is 0.873. The summed E-state index contributed by atoms with van der Waals surface area (Å²) in [6, 6.07) is 4.42. The van der Waals surface area contributed by atoms with E-state index in [1.54, 1.807) is 0 Å². The van der Waals surface area contributed by atoms with Crippen LogP contribution in [-0.4, -0.2) is 23.5 Å². The number of pyridine rings is 1. The minimum absolute atomic E-state index is 0.370. The average molecular weight is 194 g/mol. The smallest absolute Gasteiger partial charge is 0.0472 e. The number of thioether (sulfide) groups is 1. The standard InChI is InChI=1S/C10H14N2S/c1-9(11-2)5-8-13-10-3-6-12-7-4-10/h3-4,6-7,9H,2,5,8H2,1H3/t9-/m1/s1. The van der Waals surface area contributed by atoms with E-state index in [0.717, 1.165) is 12.2 Å². The third-order valence-corrected chi connectivity index (χ3v) is 2.81. The first-order valence-electron chi connectivity index (χ1n) is 4.31. The largest absolute Gasteiger partial charge is 0.298 e. The highest BCUT2D eigenvalue weighted by Crippen LogP contribution is 2.18. The second-order valence-electron chi connectivity index (χ2n) is 2.85. The average Bonchev–Trinajstić information content (AvgIpc) is 2.19. The van der Waals surface area contributed by atoms with E-state index in [4.69, 9.17) is 0 Å². The van der Waals surface area contributed by atoms with Crippen molar-refractivity contribution in [2.45, 2.75) is 24.3 Å². The minimum Gasteiger partial charge on any atom is -0.298 e. The van der Waals surface area contributed by atoms with Crippen LogP contribution in [0.15, 0.2) is 34.4 Å². The lowest BCUT2D eigenvalue weighted by atomic mass is 10.3. The van der Waals surface area contributed by atoms with Crippen LogP contribution in [-0.2, 0) is 0 Å². The number of hydrogen-bond donors (Lipinski definition) is 0. The van der Waals surface area contributed by atoms with E-state index >= 15 is 0 Å². The van der Waals surface area contributed by atoms with Crippen LogP contribution >= 0.6 is 11.8 Å². The van der Waals surface area contributed by atoms with E-state index in [0.29, 0.717) is 6.04 Å². The molecule has 0 aromatic carbocycles. The lowest BCUT2D eigenvalue weighted by Crippen LogP contribution is -1.97. The summed E-state index contributed by atoms with van der Waals surface area (Å²) in [5.41, 5.74) is 0. The number of aliphatic imine (C=N–C) groups is 1. The molecule has 0 saturated heterocycles. The summed E-state index contributed by atoms with van der Waals surface area (Å²) in [6.07, 6.45) is 4.71. The van der Waals surface area contributed by atoms with Gasteiger partial charge in [-0.15, -0.1) is 11.8 Å². The maximum absolute atomic E-state index is 3.96. The van der Waals surface area contributed by atoms with Crippen LogP contribution in [0.3, 0.4) is 0 Å². The Morgan fingerprint density at radius 2 is 2.23 bits per heavy atom. The molecule has 13 heavy (non-hydrogen) atoms. The van der Waals surface area contributed by atoms with Gasteiger partial charge in [-0.1, -0.05) is 0 Å². The molecule has 0 fully saturated rings. The molecule has 0 saturated carbocycles. The van der Waals surface area contributed by atoms with Crippen molar-refractivity contribution in [1.29, 1.82) is 0 Å². The van der Waals surface area contributed by atoms with Crippen molar-refractivity contribution in [2.24, 2.45) is 4.99 Å². The van der Waals surface area contributed by atoms with Crippen LogP contribution < -0.4 is 0 Å². The van der Waals surface area contributed by atoms with Gasteiger partial charge in [-0.25, -0.2) is 0 Å². The third-order valence-electron chi connectivity index (χ3n) is 1.77. The molecule has 2 nitrogen and oxygen atoms in total. The number of rotatable bonds is 5. The van der Waals surface area contributed by atoms with Gasteiger partial charge in [-0.05, 0) is 32.2 Å². The molecule has 0 spiro atoms. The van der Waals surface area contributed by atoms with Crippen molar-refractivity contribution in [3.8, 4) is 0 Å². The molecule has 1 rings (SSSR count). The summed E-state index contributed by atoms with van der Waals surface area (Å²) >= 11 is 1.84. The summed E-state index contributed by atoms with van der Waals surface area (Å²) in [4.78, 5) is 9.18. The van der Waals surface area contributed by atoms with Crippen LogP contribution in [0.5, 0.6) is 0 Å². The Hall–Kier alpha value is -0.830. The molecule has 0 aliphatic heterocycles. The van der Waals surface area contributed by atoms with Crippen LogP contribution in [0.4, 0.5) is 0 Å². The fraction of sp³-hybridized carbons (Fsp3) is 0.400. The molecule has 1 aromatic heterocycles. The molecule has 0 aliphatic carbocycles. The zero-order valence-electron chi connectivity index (χ0n) is 7.81. The Balaban J connectivity index is 2.24. The number of aromatic nitrogens is 1. The van der Waals surface area contributed by atoms with Crippen LogP contribution in [0, 0.1) is 0 Å². The van der Waals surface area contributed by atoms with E-state index < -0.39 is 0 Å². The molecule has 0 bridgehead atoms. The molecule has 0 N–H and O–H groups in total. The fourth-order valence-corrected chi connectivity index (χ4v) is 1.88. The Labute approximate surface area is 83.5 Å². The highest BCUT2D eigenvalue weighted by atomic mass is 32.2. The third kappa shape index (κ3) is 4.08. The summed E-state index contributed by atoms with van der Waals surface area (Å²) in [7, 11) is 0. The van der Waals surface area contributed by atoms with Gasteiger partial charge in [-0.3, -0.25) is 9.98 Å². The molecule has 3 heteroatoms. The van der Waals surface area contributed by atoms with E-state index in [-0.39, 0.29) is 0 Å². The van der Waals surface area contributed by atoms with Gasteiger partial charge in [0.2, 0.25) is 0 Å². The topological polar surface area (TPSA) is 25.2 Å². The molecule has 1 aromatic rings. The molecular formula is C10H14N2S. The van der Waals surface area contributed by atoms with E-state index in [1.165, 1.54) is 4.90 Å². The Morgan fingerprint density at radius 1 is 1.54 bits per heavy atom. The van der Waals surface area contributed by atoms with Gasteiger partial charge in [-0.2, -0.15) is 0 Å². The molecule has 1 heterocycles. The number of nitrogens with zero attached hydrogens (tertiary/aromatic N) is 2. The molecule has 0 aliphatic rings. The second kappa shape index (κ2) is 5.75. The minimum atomic E-state index is 0.370. The summed E-state index contributed by atoms with van der Waals surface area (Å²) in [5.74, 6) is 1.09. The van der Waals surface area contributed by atoms with Gasteiger partial charge in [0.15, 0.2) is 0 Å². The SMILES string of the molecule is C=N[C@H](C)CCSc1ccncc1. The van der Waals surface area contributed by atoms with Crippen molar-refractivity contribution < 1.29 is 0 Å². The monoisotopic (exact) mass is 194 g/mol. The number of hydrogen-bond acceptors (Lipinski definition) is 3. The summed E-state index contributed by atoms with van der Waals surface area (Å²) in [6.45, 7) is 5.60. The summed E-state index contributed by atoms with van der Waals surface area (Å²) < 4.78 is 0. The van der Waals surface area contributed by atoms with Gasteiger partial charge in [0.25, 0.3) is 0 Å². The normalized spacial score (nSPS) is 12.4. The molecule has 1 atom stereocenters. The van der Waals surface area contributed by atoms with Crippen molar-refractivity contribution in [3.63, 3.8) is 0 Å². The highest BCUT2D eigenvalue weighted by molar-refractivity contribution is 7.99. The van der Waals surface area contributed by atoms with Gasteiger partial charge >= 0.3 is 0 Å². The lowest BCUT2D eigenvalue weighted by molar-refractivity contribution is 0.729. The first kappa shape index (κ1) is 10.3. The highest BCUT2D eigenvalue weighted by Gasteiger charge is 1.97. The lowest BCUT2D eigenvalue weighted by Gasteiger charge is -2.04. The Kier molecular flexibility index (Phi) is 4.54. The van der Waals surface area contributed by atoms with Gasteiger partial charge in [0, 0.05) is 29.1 Å². The van der Waals surface area contributed by atoms with Crippen LogP contribution in [0.25, 0.3) is 0 Å². The maximum atomic E-state index is 3.96. The molecule has 70 valence electrons. The summed E-state index contributed by atoms with van der Waals surface area (Å²) in [5, 5.41) is 0. The Bertz CT molecular complexity index is 248. The van der Waals surface area contributed by atoms with Crippen LogP contribution in [0.1, 0.15) is 13.3 Å². The van der Waals surface area contributed by atoms with Gasteiger partial charge < -0.3 is 0 Å². The van der Waals surface area contributed by atoms with Crippen molar-refractivity contribution >= 4 is 18.5 Å². The first-order chi connectivity index (χ1) is 6.33. The van der Waals surface area contributed by atoms with E-state index in [9.17, 15) is 0 Å². The molecule has 0 radical (unpaired) electrons. The van der Waals surface area contributed by atoms with Crippen LogP contribution in [0.2, 0.25) is 0 Å². The quantitative estimate of drug-likeness (QED) is 0.532. The van der Waals surface area contributed by atoms with Crippen molar-refractivity contribution in [3.05, 3.63) is 24.5 Å². The molecule has 0 amide bonds. The Morgan fingerprint density at radius 3 is 2.85 bits per heavy atom.